The van der Waals surface area contributed by atoms with Crippen LogP contribution in [0.25, 0.3) is 0 Å². The van der Waals surface area contributed by atoms with E-state index in [0.29, 0.717) is 6.04 Å². The lowest BCUT2D eigenvalue weighted by Crippen LogP contribution is -2.41. The number of rotatable bonds is 2. The second-order valence-corrected chi connectivity index (χ2v) is 5.43. The van der Waals surface area contributed by atoms with Crippen LogP contribution in [0.2, 0.25) is 0 Å². The average Bonchev–Trinajstić information content (AvgIpc) is 2.77. The van der Waals surface area contributed by atoms with E-state index in [1.54, 1.807) is 6.20 Å². The van der Waals surface area contributed by atoms with Gasteiger partial charge in [-0.05, 0) is 32.6 Å². The average molecular weight is 238 g/mol. The first kappa shape index (κ1) is 11.6. The predicted molar refractivity (Wildman–Crippen MR) is 65.8 cm³/mol. The van der Waals surface area contributed by atoms with Crippen LogP contribution in [-0.4, -0.2) is 28.4 Å². The fourth-order valence-corrected chi connectivity index (χ4v) is 2.93. The van der Waals surface area contributed by atoms with Gasteiger partial charge < -0.3 is 4.90 Å². The minimum absolute atomic E-state index is 0.171. The molecule has 0 bridgehead atoms. The molecule has 0 aliphatic carbocycles. The zero-order valence-corrected chi connectivity index (χ0v) is 10.7. The summed E-state index contributed by atoms with van der Waals surface area (Å²) in [6.07, 6.45) is 6.15. The molecule has 1 saturated heterocycles. The number of nitrogens with zero attached hydrogens (tertiary/aromatic N) is 2. The van der Waals surface area contributed by atoms with Crippen molar-refractivity contribution in [2.45, 2.75) is 45.6 Å². The molecule has 2 heterocycles. The van der Waals surface area contributed by atoms with E-state index in [2.05, 4.69) is 18.8 Å². The Balaban J connectivity index is 2.11. The van der Waals surface area contributed by atoms with Crippen LogP contribution in [-0.2, 0) is 6.42 Å². The van der Waals surface area contributed by atoms with E-state index in [1.165, 1.54) is 17.8 Å². The molecule has 3 nitrogen and oxygen atoms in total. The van der Waals surface area contributed by atoms with Crippen LogP contribution in [0.3, 0.4) is 0 Å². The van der Waals surface area contributed by atoms with E-state index < -0.39 is 0 Å². The molecule has 16 heavy (non-hydrogen) atoms. The van der Waals surface area contributed by atoms with Gasteiger partial charge in [-0.3, -0.25) is 4.79 Å². The Morgan fingerprint density at radius 3 is 3.06 bits per heavy atom. The Kier molecular flexibility index (Phi) is 3.59. The lowest BCUT2D eigenvalue weighted by atomic mass is 10.0. The van der Waals surface area contributed by atoms with Gasteiger partial charge >= 0.3 is 0 Å². The molecule has 1 unspecified atom stereocenters. The number of likely N-dealkylation sites (tertiary alicyclic amines) is 1. The van der Waals surface area contributed by atoms with Crippen molar-refractivity contribution in [3.05, 3.63) is 16.1 Å². The molecule has 0 spiro atoms. The standard InChI is InChI=1S/C12H18N2OS/c1-3-11-13-8-10(16-11)12(15)14-7-5-4-6-9(14)2/h8-9H,3-7H2,1-2H3. The minimum Gasteiger partial charge on any atom is -0.335 e. The highest BCUT2D eigenvalue weighted by Crippen LogP contribution is 2.22. The second-order valence-electron chi connectivity index (χ2n) is 4.32. The van der Waals surface area contributed by atoms with Crippen LogP contribution in [0.5, 0.6) is 0 Å². The molecule has 1 aliphatic rings. The first-order valence-corrected chi connectivity index (χ1v) is 6.79. The summed E-state index contributed by atoms with van der Waals surface area (Å²) < 4.78 is 0. The smallest absolute Gasteiger partial charge is 0.265 e. The van der Waals surface area contributed by atoms with Gasteiger partial charge in [0.15, 0.2) is 0 Å². The van der Waals surface area contributed by atoms with Gasteiger partial charge in [0.2, 0.25) is 0 Å². The van der Waals surface area contributed by atoms with Crippen LogP contribution in [0.4, 0.5) is 0 Å². The van der Waals surface area contributed by atoms with Gasteiger partial charge in [-0.2, -0.15) is 0 Å². The Morgan fingerprint density at radius 2 is 2.44 bits per heavy atom. The third-order valence-electron chi connectivity index (χ3n) is 3.13. The summed E-state index contributed by atoms with van der Waals surface area (Å²) in [6.45, 7) is 5.11. The fourth-order valence-electron chi connectivity index (χ4n) is 2.11. The minimum atomic E-state index is 0.171. The van der Waals surface area contributed by atoms with Crippen LogP contribution < -0.4 is 0 Å². The molecule has 2 rings (SSSR count). The summed E-state index contributed by atoms with van der Waals surface area (Å²) in [7, 11) is 0. The maximum atomic E-state index is 12.2. The SMILES string of the molecule is CCc1ncc(C(=O)N2CCCCC2C)s1. The molecule has 1 atom stereocenters. The van der Waals surface area contributed by atoms with Gasteiger partial charge in [0.1, 0.15) is 4.88 Å². The third-order valence-corrected chi connectivity index (χ3v) is 4.26. The lowest BCUT2D eigenvalue weighted by molar-refractivity contribution is 0.0640. The Labute approximate surface area is 100 Å². The van der Waals surface area contributed by atoms with Gasteiger partial charge in [-0.15, -0.1) is 11.3 Å². The summed E-state index contributed by atoms with van der Waals surface area (Å²) in [5.74, 6) is 0.171. The number of hydrogen-bond acceptors (Lipinski definition) is 3. The van der Waals surface area contributed by atoms with E-state index in [9.17, 15) is 4.79 Å². The van der Waals surface area contributed by atoms with Gasteiger partial charge in [-0.25, -0.2) is 4.98 Å². The molecule has 0 saturated carbocycles. The number of aryl methyl sites for hydroxylation is 1. The maximum absolute atomic E-state index is 12.2. The van der Waals surface area contributed by atoms with Crippen molar-refractivity contribution in [1.82, 2.24) is 9.88 Å². The first-order valence-electron chi connectivity index (χ1n) is 5.98. The molecule has 4 heteroatoms. The number of piperidine rings is 1. The van der Waals surface area contributed by atoms with E-state index in [-0.39, 0.29) is 5.91 Å². The summed E-state index contributed by atoms with van der Waals surface area (Å²) in [4.78, 5) is 19.3. The van der Waals surface area contributed by atoms with Crippen LogP contribution >= 0.6 is 11.3 Å². The molecular formula is C12H18N2OS. The maximum Gasteiger partial charge on any atom is 0.265 e. The molecule has 0 N–H and O–H groups in total. The number of amides is 1. The van der Waals surface area contributed by atoms with Crippen molar-refractivity contribution in [3.63, 3.8) is 0 Å². The monoisotopic (exact) mass is 238 g/mol. The quantitative estimate of drug-likeness (QED) is 0.793. The molecule has 0 radical (unpaired) electrons. The van der Waals surface area contributed by atoms with Gasteiger partial charge in [-0.1, -0.05) is 6.92 Å². The lowest BCUT2D eigenvalue weighted by Gasteiger charge is -2.32. The zero-order chi connectivity index (χ0) is 11.5. The van der Waals surface area contributed by atoms with Crippen LogP contribution in [0.1, 0.15) is 47.8 Å². The van der Waals surface area contributed by atoms with Crippen LogP contribution in [0, 0.1) is 0 Å². The van der Waals surface area contributed by atoms with Crippen molar-refractivity contribution in [2.24, 2.45) is 0 Å². The van der Waals surface area contributed by atoms with Crippen molar-refractivity contribution in [2.75, 3.05) is 6.54 Å². The molecule has 1 aliphatic heterocycles. The number of carbonyl (C=O) groups excluding carboxylic acids is 1. The predicted octanol–water partition coefficient (Wildman–Crippen LogP) is 2.72. The number of thiazole rings is 1. The molecule has 1 amide bonds. The summed E-state index contributed by atoms with van der Waals surface area (Å²) >= 11 is 1.53. The molecule has 1 aromatic rings. The number of hydrogen-bond donors (Lipinski definition) is 0. The summed E-state index contributed by atoms with van der Waals surface area (Å²) in [5, 5.41) is 1.05. The molecular weight excluding hydrogens is 220 g/mol. The van der Waals surface area contributed by atoms with Gasteiger partial charge in [0.05, 0.1) is 11.2 Å². The topological polar surface area (TPSA) is 33.2 Å². The normalized spacial score (nSPS) is 21.1. The van der Waals surface area contributed by atoms with Crippen molar-refractivity contribution >= 4 is 17.2 Å². The van der Waals surface area contributed by atoms with Gasteiger partial charge in [0, 0.05) is 12.6 Å². The Morgan fingerprint density at radius 1 is 1.62 bits per heavy atom. The highest BCUT2D eigenvalue weighted by molar-refractivity contribution is 7.13. The number of carbonyl (C=O) groups is 1. The number of aromatic nitrogens is 1. The Bertz CT molecular complexity index is 375. The molecule has 88 valence electrons. The van der Waals surface area contributed by atoms with E-state index in [1.807, 2.05) is 4.90 Å². The van der Waals surface area contributed by atoms with E-state index in [4.69, 9.17) is 0 Å². The van der Waals surface area contributed by atoms with Crippen molar-refractivity contribution < 1.29 is 4.79 Å². The zero-order valence-electron chi connectivity index (χ0n) is 9.90. The summed E-state index contributed by atoms with van der Waals surface area (Å²) in [6, 6.07) is 0.383. The Hall–Kier alpha value is -0.900. The largest absolute Gasteiger partial charge is 0.335 e. The second kappa shape index (κ2) is 4.95. The van der Waals surface area contributed by atoms with Gasteiger partial charge in [0.25, 0.3) is 5.91 Å². The summed E-state index contributed by atoms with van der Waals surface area (Å²) in [5.41, 5.74) is 0. The van der Waals surface area contributed by atoms with Crippen molar-refractivity contribution in [1.29, 1.82) is 0 Å². The fraction of sp³-hybridized carbons (Fsp3) is 0.667. The van der Waals surface area contributed by atoms with Crippen LogP contribution in [0.15, 0.2) is 6.20 Å². The molecule has 0 aromatic carbocycles. The highest BCUT2D eigenvalue weighted by Gasteiger charge is 2.25. The highest BCUT2D eigenvalue weighted by atomic mass is 32.1. The van der Waals surface area contributed by atoms with Crippen molar-refractivity contribution in [3.8, 4) is 0 Å². The first-order chi connectivity index (χ1) is 7.72. The third kappa shape index (κ3) is 2.26. The van der Waals surface area contributed by atoms with E-state index in [0.717, 1.165) is 35.7 Å². The molecule has 1 fully saturated rings. The molecule has 1 aromatic heterocycles. The van der Waals surface area contributed by atoms with E-state index >= 15 is 0 Å².